The number of nitrogens with two attached hydrogens (primary N) is 1. The highest BCUT2D eigenvalue weighted by Gasteiger charge is 2.22. The van der Waals surface area contributed by atoms with Crippen LogP contribution in [0, 0.1) is 0 Å². The number of hydrogen-bond acceptors (Lipinski definition) is 5. The molecule has 0 fully saturated rings. The number of amides is 1. The van der Waals surface area contributed by atoms with Crippen LogP contribution in [0.25, 0.3) is 0 Å². The van der Waals surface area contributed by atoms with Crippen LogP contribution in [-0.4, -0.2) is 27.5 Å². The second-order valence-electron chi connectivity index (χ2n) is 4.09. The molecule has 3 N–H and O–H groups in total. The SMILES string of the molecule is CC(C)(CC(N)=O)Nc1nnc(CCCl)o1. The maximum atomic E-state index is 10.8. The number of halogens is 1. The van der Waals surface area contributed by atoms with Gasteiger partial charge in [-0.05, 0) is 13.8 Å². The van der Waals surface area contributed by atoms with Crippen molar-refractivity contribution in [3.63, 3.8) is 0 Å². The number of nitrogens with zero attached hydrogens (tertiary/aromatic N) is 2. The van der Waals surface area contributed by atoms with Crippen LogP contribution in [0.3, 0.4) is 0 Å². The van der Waals surface area contributed by atoms with Gasteiger partial charge in [-0.15, -0.1) is 16.7 Å². The molecule has 1 amide bonds. The summed E-state index contributed by atoms with van der Waals surface area (Å²) in [5, 5.41) is 10.5. The Kier molecular flexibility index (Phi) is 4.12. The van der Waals surface area contributed by atoms with Gasteiger partial charge in [0.25, 0.3) is 0 Å². The van der Waals surface area contributed by atoms with Crippen molar-refractivity contribution in [3.8, 4) is 0 Å². The number of anilines is 1. The lowest BCUT2D eigenvalue weighted by Crippen LogP contribution is -2.36. The largest absolute Gasteiger partial charge is 0.408 e. The molecular weight excluding hydrogens is 232 g/mol. The molecule has 0 bridgehead atoms. The molecule has 0 atom stereocenters. The summed E-state index contributed by atoms with van der Waals surface area (Å²) in [6.07, 6.45) is 0.701. The van der Waals surface area contributed by atoms with Crippen molar-refractivity contribution in [1.82, 2.24) is 10.2 Å². The first-order valence-corrected chi connectivity index (χ1v) is 5.41. The van der Waals surface area contributed by atoms with Gasteiger partial charge in [-0.1, -0.05) is 5.10 Å². The molecule has 0 unspecified atom stereocenters. The van der Waals surface area contributed by atoms with Crippen LogP contribution < -0.4 is 11.1 Å². The van der Waals surface area contributed by atoms with Crippen LogP contribution in [0.15, 0.2) is 4.42 Å². The van der Waals surface area contributed by atoms with Gasteiger partial charge in [-0.25, -0.2) is 0 Å². The Morgan fingerprint density at radius 3 is 2.81 bits per heavy atom. The number of hydrogen-bond donors (Lipinski definition) is 2. The average Bonchev–Trinajstić information content (AvgIpc) is 2.49. The predicted octanol–water partition coefficient (Wildman–Crippen LogP) is 0.917. The molecule has 7 heteroatoms. The zero-order chi connectivity index (χ0) is 12.2. The van der Waals surface area contributed by atoms with Gasteiger partial charge in [0.05, 0.1) is 0 Å². The number of rotatable bonds is 6. The van der Waals surface area contributed by atoms with Crippen LogP contribution >= 0.6 is 11.6 Å². The second-order valence-corrected chi connectivity index (χ2v) is 4.47. The maximum Gasteiger partial charge on any atom is 0.315 e. The third-order valence-corrected chi connectivity index (χ3v) is 2.03. The zero-order valence-electron chi connectivity index (χ0n) is 9.29. The van der Waals surface area contributed by atoms with Crippen molar-refractivity contribution in [2.45, 2.75) is 32.2 Å². The highest BCUT2D eigenvalue weighted by Crippen LogP contribution is 2.16. The molecule has 1 heterocycles. The van der Waals surface area contributed by atoms with Crippen LogP contribution in [0.5, 0.6) is 0 Å². The predicted molar refractivity (Wildman–Crippen MR) is 60.2 cm³/mol. The third kappa shape index (κ3) is 4.06. The fourth-order valence-corrected chi connectivity index (χ4v) is 1.42. The number of aryl methyl sites for hydroxylation is 1. The van der Waals surface area contributed by atoms with Crippen LogP contribution in [0.2, 0.25) is 0 Å². The summed E-state index contributed by atoms with van der Waals surface area (Å²) in [6.45, 7) is 3.65. The van der Waals surface area contributed by atoms with Crippen molar-refractivity contribution < 1.29 is 9.21 Å². The summed E-state index contributed by atoms with van der Waals surface area (Å²) < 4.78 is 5.27. The minimum absolute atomic E-state index is 0.181. The molecule has 90 valence electrons. The second kappa shape index (κ2) is 5.16. The Morgan fingerprint density at radius 2 is 2.25 bits per heavy atom. The quantitative estimate of drug-likeness (QED) is 0.728. The molecule has 0 spiro atoms. The third-order valence-electron chi connectivity index (χ3n) is 1.84. The van der Waals surface area contributed by atoms with E-state index >= 15 is 0 Å². The lowest BCUT2D eigenvalue weighted by atomic mass is 10.0. The Bertz CT molecular complexity index is 364. The Balaban J connectivity index is 2.61. The summed E-state index contributed by atoms with van der Waals surface area (Å²) in [7, 11) is 0. The normalized spacial score (nSPS) is 11.4. The van der Waals surface area contributed by atoms with Crippen LogP contribution in [-0.2, 0) is 11.2 Å². The molecule has 1 aromatic heterocycles. The van der Waals surface area contributed by atoms with E-state index in [-0.39, 0.29) is 12.4 Å². The summed E-state index contributed by atoms with van der Waals surface area (Å²) in [6, 6.07) is 0.270. The highest BCUT2D eigenvalue weighted by atomic mass is 35.5. The molecule has 0 radical (unpaired) electrons. The van der Waals surface area contributed by atoms with E-state index in [0.29, 0.717) is 18.2 Å². The molecule has 0 saturated heterocycles. The number of carbonyl (C=O) groups is 1. The summed E-state index contributed by atoms with van der Waals surface area (Å²) in [4.78, 5) is 10.8. The lowest BCUT2D eigenvalue weighted by molar-refractivity contribution is -0.118. The number of carbonyl (C=O) groups excluding carboxylic acids is 1. The summed E-state index contributed by atoms with van der Waals surface area (Å²) >= 11 is 5.54. The summed E-state index contributed by atoms with van der Waals surface area (Å²) in [5.74, 6) is 0.497. The smallest absolute Gasteiger partial charge is 0.315 e. The molecule has 1 aromatic rings. The van der Waals surface area contributed by atoms with Gasteiger partial charge in [0.1, 0.15) is 0 Å². The fourth-order valence-electron chi connectivity index (χ4n) is 1.26. The van der Waals surface area contributed by atoms with Crippen molar-refractivity contribution in [1.29, 1.82) is 0 Å². The van der Waals surface area contributed by atoms with Crippen molar-refractivity contribution in [2.24, 2.45) is 5.73 Å². The highest BCUT2D eigenvalue weighted by molar-refractivity contribution is 6.17. The fraction of sp³-hybridized carbons (Fsp3) is 0.667. The van der Waals surface area contributed by atoms with Gasteiger partial charge in [0.2, 0.25) is 11.8 Å². The van der Waals surface area contributed by atoms with Gasteiger partial charge >= 0.3 is 6.01 Å². The topological polar surface area (TPSA) is 94.0 Å². The van der Waals surface area contributed by atoms with Gasteiger partial charge in [0.15, 0.2) is 0 Å². The maximum absolute atomic E-state index is 10.8. The molecule has 0 aromatic carbocycles. The lowest BCUT2D eigenvalue weighted by Gasteiger charge is -2.22. The van der Waals surface area contributed by atoms with Crippen molar-refractivity contribution in [2.75, 3.05) is 11.2 Å². The van der Waals surface area contributed by atoms with E-state index < -0.39 is 11.4 Å². The zero-order valence-corrected chi connectivity index (χ0v) is 10.0. The van der Waals surface area contributed by atoms with Gasteiger partial charge in [-0.3, -0.25) is 4.79 Å². The van der Waals surface area contributed by atoms with E-state index in [0.717, 1.165) is 0 Å². The van der Waals surface area contributed by atoms with E-state index in [1.165, 1.54) is 0 Å². The van der Waals surface area contributed by atoms with Crippen molar-refractivity contribution >= 4 is 23.5 Å². The van der Waals surface area contributed by atoms with E-state index in [1.807, 2.05) is 13.8 Å². The van der Waals surface area contributed by atoms with E-state index in [9.17, 15) is 4.79 Å². The number of primary amides is 1. The van der Waals surface area contributed by atoms with Crippen molar-refractivity contribution in [3.05, 3.63) is 5.89 Å². The molecule has 0 aliphatic rings. The molecule has 0 aliphatic carbocycles. The van der Waals surface area contributed by atoms with E-state index in [2.05, 4.69) is 15.5 Å². The monoisotopic (exact) mass is 246 g/mol. The summed E-state index contributed by atoms with van der Waals surface area (Å²) in [5.41, 5.74) is 4.60. The minimum Gasteiger partial charge on any atom is -0.408 e. The molecule has 1 rings (SSSR count). The molecule has 16 heavy (non-hydrogen) atoms. The van der Waals surface area contributed by atoms with Gasteiger partial charge in [0, 0.05) is 24.3 Å². The van der Waals surface area contributed by atoms with Gasteiger partial charge in [-0.2, -0.15) is 0 Å². The Labute approximate surface area is 98.5 Å². The molecule has 0 saturated carbocycles. The molecule has 0 aliphatic heterocycles. The average molecular weight is 247 g/mol. The first kappa shape index (κ1) is 12.8. The minimum atomic E-state index is -0.517. The Morgan fingerprint density at radius 1 is 1.56 bits per heavy atom. The molecular formula is C9H15ClN4O2. The standard InChI is InChI=1S/C9H15ClN4O2/c1-9(2,5-6(11)15)12-8-14-13-7(16-8)3-4-10/h3-5H2,1-2H3,(H2,11,15)(H,12,14). The van der Waals surface area contributed by atoms with Gasteiger partial charge < -0.3 is 15.5 Å². The van der Waals surface area contributed by atoms with E-state index in [4.69, 9.17) is 21.8 Å². The van der Waals surface area contributed by atoms with Crippen LogP contribution in [0.4, 0.5) is 6.01 Å². The van der Waals surface area contributed by atoms with E-state index in [1.54, 1.807) is 0 Å². The first-order chi connectivity index (χ1) is 7.43. The molecule has 6 nitrogen and oxygen atoms in total. The number of nitrogens with one attached hydrogen (secondary N) is 1. The van der Waals surface area contributed by atoms with Crippen LogP contribution in [0.1, 0.15) is 26.2 Å². The first-order valence-electron chi connectivity index (χ1n) is 4.88. The number of alkyl halides is 1. The number of aromatic nitrogens is 2. The Hall–Kier alpha value is -1.30.